The number of benzene rings is 1. The zero-order valence-electron chi connectivity index (χ0n) is 9.91. The molecule has 0 bridgehead atoms. The number of aromatic nitrogens is 2. The Balaban J connectivity index is 1.77. The zero-order valence-corrected chi connectivity index (χ0v) is 9.91. The number of hydrogen-bond acceptors (Lipinski definition) is 2. The number of aromatic carboxylic acids is 1. The molecule has 2 aromatic rings. The van der Waals surface area contributed by atoms with Crippen molar-refractivity contribution in [2.75, 3.05) is 0 Å². The molecular weight excluding hydrogens is 228 g/mol. The van der Waals surface area contributed by atoms with E-state index < -0.39 is 5.97 Å². The number of nitrogens with zero attached hydrogens (tertiary/aromatic N) is 2. The SMILES string of the molecule is O=C(O)c1ccc2c(c1)C[C@H](Cn1ccnc1)C2. The Bertz CT molecular complexity index is 575. The Kier molecular flexibility index (Phi) is 2.63. The molecule has 1 aliphatic rings. The van der Waals surface area contributed by atoms with Crippen LogP contribution in [-0.4, -0.2) is 20.6 Å². The molecule has 3 rings (SSSR count). The van der Waals surface area contributed by atoms with E-state index in [0.717, 1.165) is 19.4 Å². The molecule has 0 aliphatic heterocycles. The van der Waals surface area contributed by atoms with E-state index in [-0.39, 0.29) is 0 Å². The molecule has 0 fully saturated rings. The summed E-state index contributed by atoms with van der Waals surface area (Å²) in [5.74, 6) is -0.311. The quantitative estimate of drug-likeness (QED) is 0.895. The molecule has 4 heteroatoms. The molecule has 0 amide bonds. The fourth-order valence-electron chi connectivity index (χ4n) is 2.66. The Morgan fingerprint density at radius 1 is 1.39 bits per heavy atom. The van der Waals surface area contributed by atoms with Crippen LogP contribution in [0.4, 0.5) is 0 Å². The fraction of sp³-hybridized carbons (Fsp3) is 0.286. The molecule has 1 heterocycles. The molecule has 0 radical (unpaired) electrons. The van der Waals surface area contributed by atoms with Gasteiger partial charge < -0.3 is 9.67 Å². The van der Waals surface area contributed by atoms with Crippen molar-refractivity contribution < 1.29 is 9.90 Å². The van der Waals surface area contributed by atoms with Crippen molar-refractivity contribution >= 4 is 5.97 Å². The van der Waals surface area contributed by atoms with Gasteiger partial charge >= 0.3 is 5.97 Å². The number of rotatable bonds is 3. The van der Waals surface area contributed by atoms with Crippen molar-refractivity contribution in [3.63, 3.8) is 0 Å². The molecule has 1 aliphatic carbocycles. The van der Waals surface area contributed by atoms with Gasteiger partial charge in [0.05, 0.1) is 11.9 Å². The van der Waals surface area contributed by atoms with Gasteiger partial charge in [-0.05, 0) is 42.0 Å². The lowest BCUT2D eigenvalue weighted by molar-refractivity contribution is 0.0697. The summed E-state index contributed by atoms with van der Waals surface area (Å²) in [4.78, 5) is 15.0. The van der Waals surface area contributed by atoms with Crippen molar-refractivity contribution in [3.05, 3.63) is 53.6 Å². The second-order valence-corrected chi connectivity index (χ2v) is 4.82. The van der Waals surface area contributed by atoms with Crippen LogP contribution in [0.25, 0.3) is 0 Å². The Labute approximate surface area is 105 Å². The summed E-state index contributed by atoms with van der Waals surface area (Å²) in [6.07, 6.45) is 7.55. The first-order chi connectivity index (χ1) is 8.72. The highest BCUT2D eigenvalue weighted by molar-refractivity contribution is 5.88. The van der Waals surface area contributed by atoms with Crippen LogP contribution in [0.5, 0.6) is 0 Å². The zero-order chi connectivity index (χ0) is 12.5. The second kappa shape index (κ2) is 4.29. The van der Waals surface area contributed by atoms with Gasteiger partial charge in [-0.15, -0.1) is 0 Å². The Morgan fingerprint density at radius 2 is 2.22 bits per heavy atom. The Morgan fingerprint density at radius 3 is 2.94 bits per heavy atom. The van der Waals surface area contributed by atoms with Crippen LogP contribution in [0.2, 0.25) is 0 Å². The number of carboxylic acid groups (broad SMARTS) is 1. The van der Waals surface area contributed by atoms with Crippen molar-refractivity contribution in [2.24, 2.45) is 5.92 Å². The molecule has 1 aromatic carbocycles. The highest BCUT2D eigenvalue weighted by Crippen LogP contribution is 2.28. The van der Waals surface area contributed by atoms with E-state index in [1.54, 1.807) is 12.3 Å². The maximum absolute atomic E-state index is 10.9. The number of hydrogen-bond donors (Lipinski definition) is 1. The minimum absolute atomic E-state index is 0.386. The molecule has 1 atom stereocenters. The molecule has 1 N–H and O–H groups in total. The van der Waals surface area contributed by atoms with Crippen LogP contribution in [0.15, 0.2) is 36.9 Å². The highest BCUT2D eigenvalue weighted by atomic mass is 16.4. The van der Waals surface area contributed by atoms with E-state index in [2.05, 4.69) is 9.55 Å². The van der Waals surface area contributed by atoms with Crippen LogP contribution < -0.4 is 0 Å². The first-order valence-electron chi connectivity index (χ1n) is 6.03. The largest absolute Gasteiger partial charge is 0.478 e. The predicted octanol–water partition coefficient (Wildman–Crippen LogP) is 2.00. The minimum atomic E-state index is -0.851. The summed E-state index contributed by atoms with van der Waals surface area (Å²) in [5.41, 5.74) is 2.85. The van der Waals surface area contributed by atoms with Gasteiger partial charge in [-0.1, -0.05) is 6.07 Å². The average molecular weight is 242 g/mol. The van der Waals surface area contributed by atoms with Crippen LogP contribution >= 0.6 is 0 Å². The van der Waals surface area contributed by atoms with Crippen molar-refractivity contribution in [1.29, 1.82) is 0 Å². The standard InChI is InChI=1S/C14H14N2O2/c17-14(18)12-2-1-11-5-10(6-13(11)7-12)8-16-4-3-15-9-16/h1-4,7,9-10H,5-6,8H2,(H,17,18)/t10-/m1/s1. The Hall–Kier alpha value is -2.10. The lowest BCUT2D eigenvalue weighted by Gasteiger charge is -2.08. The number of imidazole rings is 1. The van der Waals surface area contributed by atoms with Gasteiger partial charge in [-0.25, -0.2) is 9.78 Å². The topological polar surface area (TPSA) is 55.1 Å². The second-order valence-electron chi connectivity index (χ2n) is 4.82. The van der Waals surface area contributed by atoms with Gasteiger partial charge in [0.15, 0.2) is 0 Å². The summed E-state index contributed by atoms with van der Waals surface area (Å²) in [6.45, 7) is 0.942. The number of fused-ring (bicyclic) bond motifs is 1. The minimum Gasteiger partial charge on any atom is -0.478 e. The van der Waals surface area contributed by atoms with Gasteiger partial charge in [0.2, 0.25) is 0 Å². The summed E-state index contributed by atoms with van der Waals surface area (Å²) in [7, 11) is 0. The maximum atomic E-state index is 10.9. The smallest absolute Gasteiger partial charge is 0.335 e. The molecule has 18 heavy (non-hydrogen) atoms. The van der Waals surface area contributed by atoms with Gasteiger partial charge in [0.25, 0.3) is 0 Å². The van der Waals surface area contributed by atoms with Crippen molar-refractivity contribution in [1.82, 2.24) is 9.55 Å². The van der Waals surface area contributed by atoms with Gasteiger partial charge in [-0.2, -0.15) is 0 Å². The third-order valence-electron chi connectivity index (χ3n) is 3.50. The van der Waals surface area contributed by atoms with E-state index in [1.165, 1.54) is 11.1 Å². The van der Waals surface area contributed by atoms with Crippen LogP contribution in [0.3, 0.4) is 0 Å². The lowest BCUT2D eigenvalue weighted by Crippen LogP contribution is -2.09. The molecule has 92 valence electrons. The van der Waals surface area contributed by atoms with Crippen LogP contribution in [0, 0.1) is 5.92 Å². The highest BCUT2D eigenvalue weighted by Gasteiger charge is 2.22. The van der Waals surface area contributed by atoms with Crippen LogP contribution in [-0.2, 0) is 19.4 Å². The first kappa shape index (κ1) is 11.0. The number of carbonyl (C=O) groups is 1. The summed E-state index contributed by atoms with van der Waals surface area (Å²) in [6, 6.07) is 5.46. The lowest BCUT2D eigenvalue weighted by atomic mass is 10.1. The van der Waals surface area contributed by atoms with E-state index in [9.17, 15) is 4.79 Å². The van der Waals surface area contributed by atoms with Crippen molar-refractivity contribution in [2.45, 2.75) is 19.4 Å². The molecule has 4 nitrogen and oxygen atoms in total. The van der Waals surface area contributed by atoms with Gasteiger partial charge in [0.1, 0.15) is 0 Å². The predicted molar refractivity (Wildman–Crippen MR) is 66.5 cm³/mol. The normalized spacial score (nSPS) is 17.7. The fourth-order valence-corrected chi connectivity index (χ4v) is 2.66. The van der Waals surface area contributed by atoms with Gasteiger partial charge in [0, 0.05) is 18.9 Å². The van der Waals surface area contributed by atoms with E-state index >= 15 is 0 Å². The molecule has 0 saturated heterocycles. The van der Waals surface area contributed by atoms with Gasteiger partial charge in [-0.3, -0.25) is 0 Å². The molecule has 0 saturated carbocycles. The first-order valence-corrected chi connectivity index (χ1v) is 6.03. The van der Waals surface area contributed by atoms with Crippen molar-refractivity contribution in [3.8, 4) is 0 Å². The monoisotopic (exact) mass is 242 g/mol. The molecule has 1 aromatic heterocycles. The third kappa shape index (κ3) is 2.01. The maximum Gasteiger partial charge on any atom is 0.335 e. The molecular formula is C14H14N2O2. The summed E-state index contributed by atoms with van der Waals surface area (Å²) >= 11 is 0. The van der Waals surface area contributed by atoms with E-state index in [1.807, 2.05) is 24.7 Å². The molecule has 0 unspecified atom stereocenters. The third-order valence-corrected chi connectivity index (χ3v) is 3.50. The molecule has 0 spiro atoms. The summed E-state index contributed by atoms with van der Waals surface area (Å²) < 4.78 is 2.08. The number of carboxylic acids is 1. The summed E-state index contributed by atoms with van der Waals surface area (Å²) in [5, 5.41) is 8.98. The van der Waals surface area contributed by atoms with E-state index in [0.29, 0.717) is 11.5 Å². The van der Waals surface area contributed by atoms with Crippen LogP contribution in [0.1, 0.15) is 21.5 Å². The average Bonchev–Trinajstić information content (AvgIpc) is 2.96. The van der Waals surface area contributed by atoms with E-state index in [4.69, 9.17) is 5.11 Å².